The van der Waals surface area contributed by atoms with Crippen molar-refractivity contribution < 1.29 is 49.4 Å². The molecule has 0 aliphatic carbocycles. The lowest BCUT2D eigenvalue weighted by molar-refractivity contribution is -0.772. The first kappa shape index (κ1) is 26.5. The first-order valence-corrected chi connectivity index (χ1v) is 6.55. The summed E-state index contributed by atoms with van der Waals surface area (Å²) in [6.07, 6.45) is -2.25. The van der Waals surface area contributed by atoms with Crippen molar-refractivity contribution in [2.75, 3.05) is 28.2 Å². The highest BCUT2D eigenvalue weighted by atomic mass is 16.4. The number of amides is 2. The Balaban J connectivity index is -0.000000283. The first-order valence-electron chi connectivity index (χ1n) is 6.55. The number of likely N-dealkylation sites (N-methyl/N-ethyl adjacent to an activating group) is 2. The van der Waals surface area contributed by atoms with Crippen molar-refractivity contribution in [3.8, 4) is 0 Å². The Bertz CT molecular complexity index is 418. The Morgan fingerprint density at radius 1 is 0.792 bits per heavy atom. The standard InChI is InChI=1S/2C5H9NO.C4H6O6/c2*1-4-5(7)6(2)3;5-1(3(7)8)2(6)4(9)10/h2*4H,1H2,2-3H3;1-2,5-6H,(H,7,8)(H,9,10). The highest BCUT2D eigenvalue weighted by molar-refractivity contribution is 5.81. The number of carboxylic acid groups (broad SMARTS) is 2. The molecule has 0 radical (unpaired) electrons. The molecule has 10 heteroatoms. The maximum atomic E-state index is 10.4. The number of quaternary nitrogens is 2. The summed E-state index contributed by atoms with van der Waals surface area (Å²) in [5.74, 6) is -4.06. The molecule has 0 heterocycles. The number of rotatable bonds is 5. The van der Waals surface area contributed by atoms with Gasteiger partial charge >= 0.3 is 11.8 Å². The number of carbonyl (C=O) groups excluding carboxylic acids is 4. The summed E-state index contributed by atoms with van der Waals surface area (Å²) < 4.78 is 0. The Morgan fingerprint density at radius 2 is 1.00 bits per heavy atom. The molecular weight excluding hydrogens is 324 g/mol. The summed E-state index contributed by atoms with van der Waals surface area (Å²) >= 11 is 0. The van der Waals surface area contributed by atoms with E-state index in [1.165, 1.54) is 12.2 Å². The number of carboxylic acids is 2. The van der Waals surface area contributed by atoms with Crippen LogP contribution < -0.4 is 20.0 Å². The van der Waals surface area contributed by atoms with E-state index in [1.54, 1.807) is 28.2 Å². The monoisotopic (exact) mass is 348 g/mol. The topological polar surface area (TPSA) is 164 Å². The van der Waals surface area contributed by atoms with E-state index in [1.807, 2.05) is 0 Å². The van der Waals surface area contributed by atoms with Gasteiger partial charge < -0.3 is 30.0 Å². The van der Waals surface area contributed by atoms with E-state index in [0.717, 1.165) is 9.80 Å². The Kier molecular flexibility index (Phi) is 15.7. The zero-order valence-corrected chi connectivity index (χ0v) is 14.1. The third-order valence-electron chi connectivity index (χ3n) is 2.14. The molecular formula is C14H24N2O8. The van der Waals surface area contributed by atoms with Crippen LogP contribution in [0.3, 0.4) is 0 Å². The Labute approximate surface area is 139 Å². The lowest BCUT2D eigenvalue weighted by Crippen LogP contribution is -3.08. The molecule has 24 heavy (non-hydrogen) atoms. The van der Waals surface area contributed by atoms with E-state index < -0.39 is 24.1 Å². The molecule has 0 fully saturated rings. The van der Waals surface area contributed by atoms with Gasteiger partial charge in [0.2, 0.25) is 0 Å². The molecule has 0 aromatic rings. The molecule has 10 nitrogen and oxygen atoms in total. The van der Waals surface area contributed by atoms with Crippen LogP contribution in [0.1, 0.15) is 0 Å². The number of aliphatic hydroxyl groups is 2. The van der Waals surface area contributed by atoms with Crippen molar-refractivity contribution in [3.63, 3.8) is 0 Å². The van der Waals surface area contributed by atoms with Crippen LogP contribution in [0, 0.1) is 0 Å². The van der Waals surface area contributed by atoms with Gasteiger partial charge in [-0.1, -0.05) is 13.2 Å². The highest BCUT2D eigenvalue weighted by Gasteiger charge is 2.17. The fourth-order valence-electron chi connectivity index (χ4n) is 0.666. The molecule has 0 spiro atoms. The van der Waals surface area contributed by atoms with Crippen LogP contribution in [0.25, 0.3) is 0 Å². The minimum absolute atomic E-state index is 0.0278. The SMILES string of the molecule is C=CC(=O)[NH+](C)C.C=CC(=O)[NH+](C)C.O=C([O-])C(O)C(O)C(=O)[O-]. The molecule has 0 bridgehead atoms. The molecule has 0 aliphatic heterocycles. The molecule has 2 amide bonds. The quantitative estimate of drug-likeness (QED) is 0.356. The van der Waals surface area contributed by atoms with Crippen molar-refractivity contribution in [2.45, 2.75) is 12.2 Å². The summed E-state index contributed by atoms with van der Waals surface area (Å²) in [7, 11) is 7.07. The van der Waals surface area contributed by atoms with E-state index in [9.17, 15) is 29.4 Å². The molecule has 2 unspecified atom stereocenters. The van der Waals surface area contributed by atoms with Crippen molar-refractivity contribution in [3.05, 3.63) is 25.3 Å². The van der Waals surface area contributed by atoms with E-state index in [-0.39, 0.29) is 11.8 Å². The molecule has 0 aromatic heterocycles. The van der Waals surface area contributed by atoms with Crippen LogP contribution in [0.5, 0.6) is 0 Å². The fourth-order valence-corrected chi connectivity index (χ4v) is 0.666. The number of hydrogen-bond donors (Lipinski definition) is 4. The normalized spacial score (nSPS) is 11.8. The molecule has 0 saturated heterocycles. The number of nitrogens with one attached hydrogen (secondary N) is 2. The Morgan fingerprint density at radius 3 is 1.04 bits per heavy atom. The summed E-state index contributed by atoms with van der Waals surface area (Å²) in [5.41, 5.74) is 0. The van der Waals surface area contributed by atoms with Crippen LogP contribution in [0.2, 0.25) is 0 Å². The Hall–Kier alpha value is -2.40. The van der Waals surface area contributed by atoms with E-state index >= 15 is 0 Å². The molecule has 0 saturated carbocycles. The zero-order valence-electron chi connectivity index (χ0n) is 14.1. The highest BCUT2D eigenvalue weighted by Crippen LogP contribution is 1.88. The van der Waals surface area contributed by atoms with Crippen LogP contribution >= 0.6 is 0 Å². The number of hydrogen-bond acceptors (Lipinski definition) is 8. The predicted octanol–water partition coefficient (Wildman–Crippen LogP) is -7.11. The predicted molar refractivity (Wildman–Crippen MR) is 78.1 cm³/mol. The third-order valence-corrected chi connectivity index (χ3v) is 2.14. The van der Waals surface area contributed by atoms with Gasteiger partial charge in [-0.3, -0.25) is 9.80 Å². The summed E-state index contributed by atoms with van der Waals surface area (Å²) in [6, 6.07) is 0. The van der Waals surface area contributed by atoms with Crippen LogP contribution in [-0.2, 0) is 19.2 Å². The number of aliphatic carboxylic acids is 2. The van der Waals surface area contributed by atoms with Gasteiger partial charge in [0.25, 0.3) is 0 Å². The molecule has 2 atom stereocenters. The van der Waals surface area contributed by atoms with Crippen LogP contribution in [0.15, 0.2) is 25.3 Å². The van der Waals surface area contributed by atoms with Gasteiger partial charge in [-0.05, 0) is 0 Å². The van der Waals surface area contributed by atoms with Gasteiger partial charge in [0.15, 0.2) is 0 Å². The van der Waals surface area contributed by atoms with E-state index in [2.05, 4.69) is 13.2 Å². The van der Waals surface area contributed by atoms with Crippen molar-refractivity contribution in [1.29, 1.82) is 0 Å². The lowest BCUT2D eigenvalue weighted by Gasteiger charge is -2.18. The second-order valence-corrected chi connectivity index (χ2v) is 4.66. The minimum Gasteiger partial charge on any atom is -0.547 e. The average Bonchev–Trinajstić information content (AvgIpc) is 2.52. The van der Waals surface area contributed by atoms with Crippen LogP contribution in [0.4, 0.5) is 0 Å². The fraction of sp³-hybridized carbons (Fsp3) is 0.429. The molecule has 0 rings (SSSR count). The first-order chi connectivity index (χ1) is 10.8. The minimum atomic E-state index is -2.44. The lowest BCUT2D eigenvalue weighted by atomic mass is 10.2. The molecule has 0 aromatic carbocycles. The van der Waals surface area contributed by atoms with E-state index in [0.29, 0.717) is 0 Å². The second kappa shape index (κ2) is 14.2. The van der Waals surface area contributed by atoms with Crippen molar-refractivity contribution >= 4 is 23.8 Å². The maximum Gasteiger partial charge on any atom is 0.335 e. The van der Waals surface area contributed by atoms with Gasteiger partial charge in [0, 0.05) is 12.2 Å². The molecule has 138 valence electrons. The second-order valence-electron chi connectivity index (χ2n) is 4.66. The van der Waals surface area contributed by atoms with Gasteiger partial charge in [0.05, 0.1) is 40.1 Å². The smallest absolute Gasteiger partial charge is 0.335 e. The van der Waals surface area contributed by atoms with Crippen molar-refractivity contribution in [2.24, 2.45) is 0 Å². The summed E-state index contributed by atoms with van der Waals surface area (Å²) in [6.45, 7) is 6.62. The van der Waals surface area contributed by atoms with Crippen LogP contribution in [-0.4, -0.2) is 74.4 Å². The van der Waals surface area contributed by atoms with Gasteiger partial charge in [-0.15, -0.1) is 0 Å². The largest absolute Gasteiger partial charge is 0.547 e. The summed E-state index contributed by atoms with van der Waals surface area (Å²) in [5, 5.41) is 35.7. The number of carbonyl (C=O) groups is 4. The summed E-state index contributed by atoms with van der Waals surface area (Å²) in [4.78, 5) is 41.6. The zero-order chi connectivity index (χ0) is 20.0. The molecule has 0 aliphatic rings. The maximum absolute atomic E-state index is 10.4. The van der Waals surface area contributed by atoms with E-state index in [4.69, 9.17) is 10.2 Å². The average molecular weight is 348 g/mol. The third kappa shape index (κ3) is 14.5. The van der Waals surface area contributed by atoms with Crippen molar-refractivity contribution in [1.82, 2.24) is 0 Å². The van der Waals surface area contributed by atoms with Gasteiger partial charge in [0.1, 0.15) is 12.2 Å². The number of aliphatic hydroxyl groups excluding tert-OH is 2. The molecule has 4 N–H and O–H groups in total. The van der Waals surface area contributed by atoms with Gasteiger partial charge in [-0.25, -0.2) is 9.59 Å². The van der Waals surface area contributed by atoms with Gasteiger partial charge in [-0.2, -0.15) is 0 Å².